The van der Waals surface area contributed by atoms with Gasteiger partial charge in [-0.05, 0) is 32.8 Å². The molecule has 0 radical (unpaired) electrons. The molecule has 1 aliphatic rings. The second-order valence-corrected chi connectivity index (χ2v) is 6.41. The molecule has 0 aromatic carbocycles. The van der Waals surface area contributed by atoms with Crippen LogP contribution in [0.25, 0.3) is 10.2 Å². The minimum Gasteiger partial charge on any atom is -0.381 e. The number of hydrogen-bond acceptors (Lipinski definition) is 6. The van der Waals surface area contributed by atoms with Crippen LogP contribution in [-0.2, 0) is 4.74 Å². The minimum absolute atomic E-state index is 0.391. The highest BCUT2D eigenvalue weighted by molar-refractivity contribution is 7.18. The summed E-state index contributed by atoms with van der Waals surface area (Å²) in [6, 6.07) is 2.61. The Morgan fingerprint density at radius 1 is 1.40 bits per heavy atom. The van der Waals surface area contributed by atoms with Gasteiger partial charge < -0.3 is 15.4 Å². The summed E-state index contributed by atoms with van der Waals surface area (Å²) >= 11 is 1.71. The van der Waals surface area contributed by atoms with E-state index in [2.05, 4.69) is 40.5 Å². The van der Waals surface area contributed by atoms with Crippen molar-refractivity contribution < 1.29 is 4.74 Å². The highest BCUT2D eigenvalue weighted by atomic mass is 32.1. The van der Waals surface area contributed by atoms with Gasteiger partial charge in [0.05, 0.1) is 11.5 Å². The number of nitrogens with one attached hydrogen (secondary N) is 2. The lowest BCUT2D eigenvalue weighted by atomic mass is 9.89. The smallest absolute Gasteiger partial charge is 0.226 e. The summed E-state index contributed by atoms with van der Waals surface area (Å²) in [6.45, 7) is 4.98. The lowest BCUT2D eigenvalue weighted by molar-refractivity contribution is 0.0328. The first-order valence-corrected chi connectivity index (χ1v) is 7.82. The Labute approximate surface area is 122 Å². The number of fused-ring (bicyclic) bond motifs is 1. The lowest BCUT2D eigenvalue weighted by Crippen LogP contribution is -2.40. The van der Waals surface area contributed by atoms with Crippen LogP contribution >= 0.6 is 11.3 Å². The molecule has 2 N–H and O–H groups in total. The van der Waals surface area contributed by atoms with Crippen LogP contribution in [-0.4, -0.2) is 35.8 Å². The van der Waals surface area contributed by atoms with Crippen molar-refractivity contribution in [1.29, 1.82) is 0 Å². The maximum Gasteiger partial charge on any atom is 0.226 e. The van der Waals surface area contributed by atoms with E-state index in [9.17, 15) is 0 Å². The Bertz CT molecular complexity index is 606. The Morgan fingerprint density at radius 3 is 2.90 bits per heavy atom. The molecule has 20 heavy (non-hydrogen) atoms. The van der Waals surface area contributed by atoms with Crippen LogP contribution in [0.3, 0.4) is 0 Å². The standard InChI is InChI=1S/C14H20N4OS/c1-4-15-14-17-12(16-9-6-10(7-9)19-3)11-5-8(2)20-13(11)18-14/h5,9-10H,4,6-7H2,1-3H3,(H2,15,16,17,18). The van der Waals surface area contributed by atoms with Gasteiger partial charge in [-0.25, -0.2) is 4.98 Å². The summed E-state index contributed by atoms with van der Waals surface area (Å²) in [7, 11) is 1.77. The molecule has 0 bridgehead atoms. The molecule has 2 aromatic heterocycles. The van der Waals surface area contributed by atoms with Gasteiger partial charge in [-0.3, -0.25) is 0 Å². The zero-order valence-corrected chi connectivity index (χ0v) is 12.9. The van der Waals surface area contributed by atoms with E-state index in [4.69, 9.17) is 4.74 Å². The van der Waals surface area contributed by atoms with Crippen LogP contribution in [0.15, 0.2) is 6.07 Å². The van der Waals surface area contributed by atoms with Gasteiger partial charge in [0.1, 0.15) is 10.6 Å². The van der Waals surface area contributed by atoms with E-state index < -0.39 is 0 Å². The fourth-order valence-electron chi connectivity index (χ4n) is 2.46. The van der Waals surface area contributed by atoms with Gasteiger partial charge in [-0.15, -0.1) is 11.3 Å². The number of rotatable bonds is 5. The predicted octanol–water partition coefficient (Wildman–Crippen LogP) is 3.02. The van der Waals surface area contributed by atoms with Gasteiger partial charge in [-0.1, -0.05) is 0 Å². The first kappa shape index (κ1) is 13.6. The van der Waals surface area contributed by atoms with Gasteiger partial charge in [0.15, 0.2) is 0 Å². The highest BCUT2D eigenvalue weighted by Crippen LogP contribution is 2.32. The predicted molar refractivity (Wildman–Crippen MR) is 83.8 cm³/mol. The number of aryl methyl sites for hydroxylation is 1. The van der Waals surface area contributed by atoms with Crippen LogP contribution in [0, 0.1) is 6.92 Å². The van der Waals surface area contributed by atoms with Gasteiger partial charge in [0, 0.05) is 24.6 Å². The molecular formula is C14H20N4OS. The normalized spacial score (nSPS) is 21.8. The van der Waals surface area contributed by atoms with E-state index in [1.54, 1.807) is 18.4 Å². The summed E-state index contributed by atoms with van der Waals surface area (Å²) in [4.78, 5) is 11.5. The molecule has 3 rings (SSSR count). The molecule has 0 unspecified atom stereocenters. The average molecular weight is 292 g/mol. The summed E-state index contributed by atoms with van der Waals surface area (Å²) in [5, 5.41) is 7.85. The molecule has 0 amide bonds. The lowest BCUT2D eigenvalue weighted by Gasteiger charge is -2.35. The van der Waals surface area contributed by atoms with Crippen molar-refractivity contribution in [2.75, 3.05) is 24.3 Å². The number of methoxy groups -OCH3 is 1. The van der Waals surface area contributed by atoms with Gasteiger partial charge in [0.2, 0.25) is 5.95 Å². The summed E-state index contributed by atoms with van der Waals surface area (Å²) < 4.78 is 5.32. The van der Waals surface area contributed by atoms with Crippen molar-refractivity contribution in [3.05, 3.63) is 10.9 Å². The molecule has 0 aliphatic heterocycles. The molecule has 1 fully saturated rings. The molecule has 1 aliphatic carbocycles. The van der Waals surface area contributed by atoms with E-state index in [1.165, 1.54) is 4.88 Å². The van der Waals surface area contributed by atoms with Crippen molar-refractivity contribution in [2.45, 2.75) is 38.8 Å². The van der Waals surface area contributed by atoms with Crippen LogP contribution in [0.5, 0.6) is 0 Å². The number of anilines is 2. The maximum atomic E-state index is 5.32. The van der Waals surface area contributed by atoms with Gasteiger partial charge in [0.25, 0.3) is 0 Å². The molecule has 0 atom stereocenters. The quantitative estimate of drug-likeness (QED) is 0.887. The van der Waals surface area contributed by atoms with Crippen molar-refractivity contribution >= 4 is 33.3 Å². The SMILES string of the molecule is CCNc1nc(NC2CC(OC)C2)c2cc(C)sc2n1. The Kier molecular flexibility index (Phi) is 3.76. The zero-order valence-electron chi connectivity index (χ0n) is 12.1. The zero-order chi connectivity index (χ0) is 14.1. The second kappa shape index (κ2) is 5.54. The van der Waals surface area contributed by atoms with Crippen molar-refractivity contribution in [3.63, 3.8) is 0 Å². The average Bonchev–Trinajstić information content (AvgIpc) is 2.74. The van der Waals surface area contributed by atoms with Crippen molar-refractivity contribution in [2.24, 2.45) is 0 Å². The number of aromatic nitrogens is 2. The Hall–Kier alpha value is -1.40. The van der Waals surface area contributed by atoms with E-state index in [0.29, 0.717) is 18.1 Å². The molecular weight excluding hydrogens is 272 g/mol. The summed E-state index contributed by atoms with van der Waals surface area (Å²) in [5.74, 6) is 1.64. The summed E-state index contributed by atoms with van der Waals surface area (Å²) in [5.41, 5.74) is 0. The third-order valence-corrected chi connectivity index (χ3v) is 4.56. The highest BCUT2D eigenvalue weighted by Gasteiger charge is 2.29. The summed E-state index contributed by atoms with van der Waals surface area (Å²) in [6.07, 6.45) is 2.48. The van der Waals surface area contributed by atoms with E-state index in [1.807, 2.05) is 0 Å². The molecule has 1 saturated carbocycles. The van der Waals surface area contributed by atoms with Crippen LogP contribution in [0.4, 0.5) is 11.8 Å². The molecule has 0 saturated heterocycles. The fourth-order valence-corrected chi connectivity index (χ4v) is 3.34. The molecule has 2 heterocycles. The topological polar surface area (TPSA) is 59.1 Å². The van der Waals surface area contributed by atoms with Crippen LogP contribution in [0.1, 0.15) is 24.6 Å². The number of hydrogen-bond donors (Lipinski definition) is 2. The third kappa shape index (κ3) is 2.58. The number of thiophene rings is 1. The fraction of sp³-hybridized carbons (Fsp3) is 0.571. The molecule has 6 heteroatoms. The first-order chi connectivity index (χ1) is 9.69. The first-order valence-electron chi connectivity index (χ1n) is 7.01. The third-order valence-electron chi connectivity index (χ3n) is 3.62. The molecule has 5 nitrogen and oxygen atoms in total. The molecule has 0 spiro atoms. The Morgan fingerprint density at radius 2 is 2.20 bits per heavy atom. The van der Waals surface area contributed by atoms with Crippen LogP contribution < -0.4 is 10.6 Å². The number of nitrogens with zero attached hydrogens (tertiary/aromatic N) is 2. The van der Waals surface area contributed by atoms with E-state index >= 15 is 0 Å². The Balaban J connectivity index is 1.87. The minimum atomic E-state index is 0.391. The van der Waals surface area contributed by atoms with Crippen molar-refractivity contribution in [1.82, 2.24) is 9.97 Å². The van der Waals surface area contributed by atoms with Gasteiger partial charge in [-0.2, -0.15) is 4.98 Å². The largest absolute Gasteiger partial charge is 0.381 e. The maximum absolute atomic E-state index is 5.32. The second-order valence-electron chi connectivity index (χ2n) is 5.17. The van der Waals surface area contributed by atoms with E-state index in [-0.39, 0.29) is 0 Å². The number of ether oxygens (including phenoxy) is 1. The van der Waals surface area contributed by atoms with E-state index in [0.717, 1.165) is 35.4 Å². The van der Waals surface area contributed by atoms with Crippen molar-refractivity contribution in [3.8, 4) is 0 Å². The monoisotopic (exact) mass is 292 g/mol. The molecule has 108 valence electrons. The van der Waals surface area contributed by atoms with Crippen LogP contribution in [0.2, 0.25) is 0 Å². The molecule has 2 aromatic rings. The van der Waals surface area contributed by atoms with Gasteiger partial charge >= 0.3 is 0 Å².